The Balaban J connectivity index is 2.05. The van der Waals surface area contributed by atoms with E-state index in [9.17, 15) is 0 Å². The lowest BCUT2D eigenvalue weighted by molar-refractivity contribution is 0.157. The van der Waals surface area contributed by atoms with Crippen LogP contribution in [0.1, 0.15) is 13.3 Å². The van der Waals surface area contributed by atoms with Gasteiger partial charge in [0, 0.05) is 32.8 Å². The zero-order chi connectivity index (χ0) is 9.68. The first-order chi connectivity index (χ1) is 6.22. The number of nitrogens with zero attached hydrogens (tertiary/aromatic N) is 1. The van der Waals surface area contributed by atoms with Crippen LogP contribution in [0, 0.1) is 5.92 Å². The molecule has 78 valence electrons. The number of nitrogens with one attached hydrogen (secondary N) is 1. The first-order valence-electron chi connectivity index (χ1n) is 5.13. The number of methoxy groups -OCH3 is 1. The quantitative estimate of drug-likeness (QED) is 0.679. The van der Waals surface area contributed by atoms with Gasteiger partial charge in [0.15, 0.2) is 0 Å². The summed E-state index contributed by atoms with van der Waals surface area (Å²) < 4.78 is 5.09. The summed E-state index contributed by atoms with van der Waals surface area (Å²) in [5.41, 5.74) is 0. The average Bonchev–Trinajstić information content (AvgIpc) is 2.49. The van der Waals surface area contributed by atoms with Gasteiger partial charge in [0.25, 0.3) is 0 Å². The lowest BCUT2D eigenvalue weighted by Crippen LogP contribution is -2.35. The topological polar surface area (TPSA) is 24.5 Å². The predicted octanol–water partition coefficient (Wildman–Crippen LogP) is 0.563. The van der Waals surface area contributed by atoms with Crippen LogP contribution in [0.5, 0.6) is 0 Å². The van der Waals surface area contributed by atoms with Crippen molar-refractivity contribution >= 4 is 0 Å². The molecule has 0 aliphatic carbocycles. The van der Waals surface area contributed by atoms with Crippen molar-refractivity contribution in [1.29, 1.82) is 0 Å². The van der Waals surface area contributed by atoms with Gasteiger partial charge in [-0.05, 0) is 25.9 Å². The van der Waals surface area contributed by atoms with Gasteiger partial charge in [0.1, 0.15) is 0 Å². The zero-order valence-electron chi connectivity index (χ0n) is 9.05. The van der Waals surface area contributed by atoms with E-state index in [1.807, 2.05) is 0 Å². The van der Waals surface area contributed by atoms with E-state index in [0.717, 1.165) is 13.2 Å². The summed E-state index contributed by atoms with van der Waals surface area (Å²) in [5, 5.41) is 3.57. The first kappa shape index (κ1) is 11.0. The molecular weight excluding hydrogens is 164 g/mol. The molecule has 0 spiro atoms. The second-order valence-electron chi connectivity index (χ2n) is 4.22. The number of rotatable bonds is 5. The second kappa shape index (κ2) is 5.58. The van der Waals surface area contributed by atoms with E-state index in [-0.39, 0.29) is 0 Å². The molecule has 1 saturated heterocycles. The van der Waals surface area contributed by atoms with Crippen molar-refractivity contribution in [3.05, 3.63) is 0 Å². The van der Waals surface area contributed by atoms with Crippen molar-refractivity contribution in [3.8, 4) is 0 Å². The monoisotopic (exact) mass is 186 g/mol. The normalized spacial score (nSPS) is 26.5. The van der Waals surface area contributed by atoms with E-state index in [4.69, 9.17) is 4.74 Å². The highest BCUT2D eigenvalue weighted by atomic mass is 16.5. The Bertz CT molecular complexity index is 141. The van der Waals surface area contributed by atoms with Crippen molar-refractivity contribution in [3.63, 3.8) is 0 Å². The van der Waals surface area contributed by atoms with Gasteiger partial charge in [0.2, 0.25) is 0 Å². The Kier molecular flexibility index (Phi) is 4.70. The third-order valence-corrected chi connectivity index (χ3v) is 2.60. The minimum atomic E-state index is 0.621. The molecule has 1 aliphatic heterocycles. The molecule has 13 heavy (non-hydrogen) atoms. The Morgan fingerprint density at radius 2 is 2.38 bits per heavy atom. The van der Waals surface area contributed by atoms with E-state index in [0.29, 0.717) is 12.0 Å². The maximum atomic E-state index is 5.09. The fourth-order valence-corrected chi connectivity index (χ4v) is 1.81. The van der Waals surface area contributed by atoms with Crippen molar-refractivity contribution in [2.45, 2.75) is 19.4 Å². The summed E-state index contributed by atoms with van der Waals surface area (Å²) in [7, 11) is 3.94. The summed E-state index contributed by atoms with van der Waals surface area (Å²) in [5.74, 6) is 0.621. The van der Waals surface area contributed by atoms with Crippen LogP contribution in [0.4, 0.5) is 0 Å². The number of hydrogen-bond acceptors (Lipinski definition) is 3. The summed E-state index contributed by atoms with van der Waals surface area (Å²) in [4.78, 5) is 2.37. The van der Waals surface area contributed by atoms with Crippen LogP contribution in [0.15, 0.2) is 0 Å². The van der Waals surface area contributed by atoms with E-state index in [1.54, 1.807) is 7.11 Å². The van der Waals surface area contributed by atoms with Crippen LogP contribution in [0.25, 0.3) is 0 Å². The molecule has 0 aromatic carbocycles. The first-order valence-corrected chi connectivity index (χ1v) is 5.13. The van der Waals surface area contributed by atoms with Gasteiger partial charge in [-0.3, -0.25) is 0 Å². The highest BCUT2D eigenvalue weighted by molar-refractivity contribution is 4.79. The highest BCUT2D eigenvalue weighted by Gasteiger charge is 2.18. The number of hydrogen-bond donors (Lipinski definition) is 1. The molecule has 0 aromatic heterocycles. The molecule has 0 amide bonds. The predicted molar refractivity (Wildman–Crippen MR) is 54.9 cm³/mol. The van der Waals surface area contributed by atoms with Gasteiger partial charge in [-0.1, -0.05) is 6.92 Å². The van der Waals surface area contributed by atoms with E-state index in [1.165, 1.54) is 19.5 Å². The molecule has 1 N–H and O–H groups in total. The maximum absolute atomic E-state index is 5.09. The molecule has 3 heteroatoms. The second-order valence-corrected chi connectivity index (χ2v) is 4.22. The van der Waals surface area contributed by atoms with Crippen LogP contribution in [-0.4, -0.2) is 51.3 Å². The zero-order valence-corrected chi connectivity index (χ0v) is 9.05. The molecule has 2 unspecified atom stereocenters. The summed E-state index contributed by atoms with van der Waals surface area (Å²) in [6.45, 7) is 6.58. The molecule has 0 radical (unpaired) electrons. The molecule has 3 nitrogen and oxygen atoms in total. The standard InChI is InChI=1S/C10H22N2O/c1-9(8-13-3)6-11-10-4-5-12(2)7-10/h9-11H,4-8H2,1-3H3. The van der Waals surface area contributed by atoms with Gasteiger partial charge in [0.05, 0.1) is 0 Å². The van der Waals surface area contributed by atoms with E-state index < -0.39 is 0 Å². The molecule has 0 aromatic rings. The number of ether oxygens (including phenoxy) is 1. The van der Waals surface area contributed by atoms with Crippen molar-refractivity contribution in [2.75, 3.05) is 40.4 Å². The summed E-state index contributed by atoms with van der Waals surface area (Å²) in [6.07, 6.45) is 1.29. The third kappa shape index (κ3) is 4.07. The smallest absolute Gasteiger partial charge is 0.0499 e. The fraction of sp³-hybridized carbons (Fsp3) is 1.00. The van der Waals surface area contributed by atoms with Gasteiger partial charge in [-0.2, -0.15) is 0 Å². The van der Waals surface area contributed by atoms with Crippen LogP contribution in [0.2, 0.25) is 0 Å². The summed E-state index contributed by atoms with van der Waals surface area (Å²) >= 11 is 0. The van der Waals surface area contributed by atoms with Crippen molar-refractivity contribution < 1.29 is 4.74 Å². The molecule has 1 aliphatic rings. The molecule has 0 saturated carbocycles. The molecular formula is C10H22N2O. The molecule has 1 rings (SSSR count). The molecule has 0 bridgehead atoms. The van der Waals surface area contributed by atoms with Gasteiger partial charge < -0.3 is 15.0 Å². The molecule has 1 heterocycles. The maximum Gasteiger partial charge on any atom is 0.0499 e. The Morgan fingerprint density at radius 1 is 1.62 bits per heavy atom. The average molecular weight is 186 g/mol. The van der Waals surface area contributed by atoms with Gasteiger partial charge >= 0.3 is 0 Å². The number of likely N-dealkylation sites (N-methyl/N-ethyl adjacent to an activating group) is 1. The van der Waals surface area contributed by atoms with Crippen LogP contribution in [-0.2, 0) is 4.74 Å². The van der Waals surface area contributed by atoms with E-state index >= 15 is 0 Å². The number of likely N-dealkylation sites (tertiary alicyclic amines) is 1. The lowest BCUT2D eigenvalue weighted by atomic mass is 10.2. The Morgan fingerprint density at radius 3 is 2.92 bits per heavy atom. The fourth-order valence-electron chi connectivity index (χ4n) is 1.81. The largest absolute Gasteiger partial charge is 0.384 e. The van der Waals surface area contributed by atoms with Crippen LogP contribution in [0.3, 0.4) is 0 Å². The lowest BCUT2D eigenvalue weighted by Gasteiger charge is -2.16. The van der Waals surface area contributed by atoms with Crippen LogP contribution < -0.4 is 5.32 Å². The summed E-state index contributed by atoms with van der Waals surface area (Å²) in [6, 6.07) is 0.698. The minimum Gasteiger partial charge on any atom is -0.384 e. The Labute approximate surface area is 81.4 Å². The molecule has 2 atom stereocenters. The highest BCUT2D eigenvalue weighted by Crippen LogP contribution is 2.06. The third-order valence-electron chi connectivity index (χ3n) is 2.60. The SMILES string of the molecule is COCC(C)CNC1CCN(C)C1. The van der Waals surface area contributed by atoms with Crippen molar-refractivity contribution in [1.82, 2.24) is 10.2 Å². The minimum absolute atomic E-state index is 0.621. The molecule has 1 fully saturated rings. The van der Waals surface area contributed by atoms with Crippen molar-refractivity contribution in [2.24, 2.45) is 5.92 Å². The van der Waals surface area contributed by atoms with Crippen LogP contribution >= 0.6 is 0 Å². The van der Waals surface area contributed by atoms with E-state index in [2.05, 4.69) is 24.2 Å². The van der Waals surface area contributed by atoms with Gasteiger partial charge in [-0.15, -0.1) is 0 Å². The Hall–Kier alpha value is -0.120. The van der Waals surface area contributed by atoms with Gasteiger partial charge in [-0.25, -0.2) is 0 Å².